The summed E-state index contributed by atoms with van der Waals surface area (Å²) in [6, 6.07) is 9.52. The van der Waals surface area contributed by atoms with Gasteiger partial charge in [0.05, 0.1) is 0 Å². The summed E-state index contributed by atoms with van der Waals surface area (Å²) in [5.74, 6) is -0.471. The number of hydrogen-bond donors (Lipinski definition) is 1. The standard InChI is InChI=1S/C13H11NO2/c15-13(16)12-10-4-2-1-3-9(10)7-11(14-12)8-5-6-8/h1-4,7-8H,5-6H2,(H,15,16). The summed E-state index contributed by atoms with van der Waals surface area (Å²) in [6.45, 7) is 0. The van der Waals surface area contributed by atoms with Crippen LogP contribution < -0.4 is 0 Å². The third kappa shape index (κ3) is 1.45. The van der Waals surface area contributed by atoms with Gasteiger partial charge in [-0.05, 0) is 24.3 Å². The van der Waals surface area contributed by atoms with Gasteiger partial charge in [-0.25, -0.2) is 9.78 Å². The topological polar surface area (TPSA) is 50.2 Å². The SMILES string of the molecule is O=C(O)c1nc(C2CC2)cc2ccccc12. The van der Waals surface area contributed by atoms with Gasteiger partial charge in [0.15, 0.2) is 5.69 Å². The van der Waals surface area contributed by atoms with Gasteiger partial charge in [0.1, 0.15) is 0 Å². The highest BCUT2D eigenvalue weighted by Gasteiger charge is 2.26. The van der Waals surface area contributed by atoms with Crippen LogP contribution in [0.2, 0.25) is 0 Å². The molecule has 80 valence electrons. The monoisotopic (exact) mass is 213 g/mol. The van der Waals surface area contributed by atoms with Gasteiger partial charge in [-0.2, -0.15) is 0 Å². The number of pyridine rings is 1. The highest BCUT2D eigenvalue weighted by atomic mass is 16.4. The van der Waals surface area contributed by atoms with E-state index in [4.69, 9.17) is 5.11 Å². The predicted molar refractivity (Wildman–Crippen MR) is 60.7 cm³/mol. The summed E-state index contributed by atoms with van der Waals surface area (Å²) < 4.78 is 0. The number of carboxylic acids is 1. The summed E-state index contributed by atoms with van der Waals surface area (Å²) >= 11 is 0. The van der Waals surface area contributed by atoms with Crippen molar-refractivity contribution in [3.05, 3.63) is 41.7 Å². The van der Waals surface area contributed by atoms with Crippen molar-refractivity contribution in [1.82, 2.24) is 4.98 Å². The van der Waals surface area contributed by atoms with Gasteiger partial charge in [-0.15, -0.1) is 0 Å². The van der Waals surface area contributed by atoms with Crippen LogP contribution in [0.3, 0.4) is 0 Å². The third-order valence-corrected chi connectivity index (χ3v) is 2.96. The molecule has 1 N–H and O–H groups in total. The van der Waals surface area contributed by atoms with E-state index in [-0.39, 0.29) is 5.69 Å². The minimum absolute atomic E-state index is 0.181. The van der Waals surface area contributed by atoms with Gasteiger partial charge in [0.25, 0.3) is 0 Å². The molecule has 1 heterocycles. The number of benzene rings is 1. The molecule has 3 nitrogen and oxygen atoms in total. The molecule has 0 radical (unpaired) electrons. The fourth-order valence-electron chi connectivity index (χ4n) is 1.97. The minimum Gasteiger partial charge on any atom is -0.476 e. The highest BCUT2D eigenvalue weighted by Crippen LogP contribution is 2.40. The largest absolute Gasteiger partial charge is 0.476 e. The summed E-state index contributed by atoms with van der Waals surface area (Å²) in [5, 5.41) is 10.8. The molecule has 0 amide bonds. The van der Waals surface area contributed by atoms with Crippen molar-refractivity contribution in [1.29, 1.82) is 0 Å². The number of rotatable bonds is 2. The molecule has 0 saturated heterocycles. The zero-order chi connectivity index (χ0) is 11.1. The normalized spacial score (nSPS) is 15.2. The van der Waals surface area contributed by atoms with Crippen molar-refractivity contribution in [3.8, 4) is 0 Å². The van der Waals surface area contributed by atoms with Crippen molar-refractivity contribution in [2.45, 2.75) is 18.8 Å². The summed E-state index contributed by atoms with van der Waals surface area (Å²) in [6.07, 6.45) is 2.26. The van der Waals surface area contributed by atoms with Crippen molar-refractivity contribution < 1.29 is 9.90 Å². The van der Waals surface area contributed by atoms with Gasteiger partial charge in [-0.3, -0.25) is 0 Å². The maximum atomic E-state index is 11.1. The average molecular weight is 213 g/mol. The highest BCUT2D eigenvalue weighted by molar-refractivity contribution is 6.01. The Labute approximate surface area is 92.7 Å². The molecule has 1 aromatic carbocycles. The molecule has 1 fully saturated rings. The van der Waals surface area contributed by atoms with E-state index in [1.165, 1.54) is 0 Å². The van der Waals surface area contributed by atoms with E-state index in [1.807, 2.05) is 30.3 Å². The van der Waals surface area contributed by atoms with E-state index in [1.54, 1.807) is 0 Å². The second-order valence-electron chi connectivity index (χ2n) is 4.20. The third-order valence-electron chi connectivity index (χ3n) is 2.96. The van der Waals surface area contributed by atoms with Crippen LogP contribution in [0, 0.1) is 0 Å². The number of carboxylic acid groups (broad SMARTS) is 1. The van der Waals surface area contributed by atoms with Gasteiger partial charge >= 0.3 is 5.97 Å². The van der Waals surface area contributed by atoms with Crippen LogP contribution in [-0.2, 0) is 0 Å². The van der Waals surface area contributed by atoms with Crippen LogP contribution in [0.15, 0.2) is 30.3 Å². The van der Waals surface area contributed by atoms with Gasteiger partial charge in [0.2, 0.25) is 0 Å². The first-order valence-corrected chi connectivity index (χ1v) is 5.38. The van der Waals surface area contributed by atoms with E-state index < -0.39 is 5.97 Å². The quantitative estimate of drug-likeness (QED) is 0.834. The lowest BCUT2D eigenvalue weighted by molar-refractivity contribution is 0.0692. The molecular formula is C13H11NO2. The van der Waals surface area contributed by atoms with Crippen molar-refractivity contribution in [3.63, 3.8) is 0 Å². The number of nitrogens with zero attached hydrogens (tertiary/aromatic N) is 1. The lowest BCUT2D eigenvalue weighted by atomic mass is 10.1. The van der Waals surface area contributed by atoms with E-state index in [0.29, 0.717) is 5.92 Å². The van der Waals surface area contributed by atoms with E-state index in [2.05, 4.69) is 4.98 Å². The number of aromatic carboxylic acids is 1. The molecule has 0 bridgehead atoms. The molecule has 0 unspecified atom stereocenters. The molecule has 1 aliphatic rings. The van der Waals surface area contributed by atoms with Crippen molar-refractivity contribution in [2.24, 2.45) is 0 Å². The first-order valence-electron chi connectivity index (χ1n) is 5.38. The van der Waals surface area contributed by atoms with Crippen LogP contribution in [0.1, 0.15) is 34.9 Å². The fourth-order valence-corrected chi connectivity index (χ4v) is 1.97. The molecule has 2 aromatic rings. The molecule has 1 aromatic heterocycles. The summed E-state index contributed by atoms with van der Waals surface area (Å²) in [4.78, 5) is 15.4. The molecule has 1 aliphatic carbocycles. The first-order chi connectivity index (χ1) is 7.75. The Bertz CT molecular complexity index is 573. The second kappa shape index (κ2) is 3.30. The maximum absolute atomic E-state index is 11.1. The second-order valence-corrected chi connectivity index (χ2v) is 4.20. The molecule has 3 heteroatoms. The minimum atomic E-state index is -0.946. The lowest BCUT2D eigenvalue weighted by Gasteiger charge is -2.05. The molecule has 16 heavy (non-hydrogen) atoms. The van der Waals surface area contributed by atoms with Crippen LogP contribution >= 0.6 is 0 Å². The first kappa shape index (κ1) is 9.33. The summed E-state index contributed by atoms with van der Waals surface area (Å²) in [7, 11) is 0. The average Bonchev–Trinajstić information content (AvgIpc) is 3.11. The van der Waals surface area contributed by atoms with E-state index in [0.717, 1.165) is 29.3 Å². The van der Waals surface area contributed by atoms with Crippen LogP contribution in [-0.4, -0.2) is 16.1 Å². The zero-order valence-electron chi connectivity index (χ0n) is 8.68. The van der Waals surface area contributed by atoms with Gasteiger partial charge in [-0.1, -0.05) is 24.3 Å². The Hall–Kier alpha value is -1.90. The molecule has 0 atom stereocenters. The number of fused-ring (bicyclic) bond motifs is 1. The Balaban J connectivity index is 2.30. The van der Waals surface area contributed by atoms with Crippen LogP contribution in [0.4, 0.5) is 0 Å². The Morgan fingerprint density at radius 3 is 2.75 bits per heavy atom. The Kier molecular flexibility index (Phi) is 1.93. The van der Waals surface area contributed by atoms with E-state index in [9.17, 15) is 4.79 Å². The number of aromatic nitrogens is 1. The fraction of sp³-hybridized carbons (Fsp3) is 0.231. The van der Waals surface area contributed by atoms with Crippen LogP contribution in [0.5, 0.6) is 0 Å². The van der Waals surface area contributed by atoms with Crippen molar-refractivity contribution >= 4 is 16.7 Å². The zero-order valence-corrected chi connectivity index (χ0v) is 8.68. The van der Waals surface area contributed by atoms with Gasteiger partial charge < -0.3 is 5.11 Å². The molecule has 0 aliphatic heterocycles. The van der Waals surface area contributed by atoms with Crippen LogP contribution in [0.25, 0.3) is 10.8 Å². The van der Waals surface area contributed by atoms with Gasteiger partial charge in [0, 0.05) is 17.0 Å². The smallest absolute Gasteiger partial charge is 0.355 e. The maximum Gasteiger partial charge on any atom is 0.355 e. The molecular weight excluding hydrogens is 202 g/mol. The number of hydrogen-bond acceptors (Lipinski definition) is 2. The lowest BCUT2D eigenvalue weighted by Crippen LogP contribution is -2.03. The summed E-state index contributed by atoms with van der Waals surface area (Å²) in [5.41, 5.74) is 1.11. The molecule has 3 rings (SSSR count). The van der Waals surface area contributed by atoms with Crippen molar-refractivity contribution in [2.75, 3.05) is 0 Å². The number of carbonyl (C=O) groups is 1. The van der Waals surface area contributed by atoms with E-state index >= 15 is 0 Å². The Morgan fingerprint density at radius 2 is 2.06 bits per heavy atom. The Morgan fingerprint density at radius 1 is 1.31 bits per heavy atom. The predicted octanol–water partition coefficient (Wildman–Crippen LogP) is 2.81. The molecule has 1 saturated carbocycles. The molecule has 0 spiro atoms.